The van der Waals surface area contributed by atoms with Gasteiger partial charge in [0, 0.05) is 24.8 Å². The lowest BCUT2D eigenvalue weighted by Crippen LogP contribution is -2.37. The second-order valence-electron chi connectivity index (χ2n) is 8.15. The van der Waals surface area contributed by atoms with Gasteiger partial charge in [-0.2, -0.15) is 0 Å². The summed E-state index contributed by atoms with van der Waals surface area (Å²) in [4.78, 5) is 42.1. The molecule has 2 aliphatic heterocycles. The molecule has 2 aliphatic rings. The number of rotatable bonds is 4. The van der Waals surface area contributed by atoms with Crippen LogP contribution in [-0.4, -0.2) is 24.3 Å². The molecule has 164 valence electrons. The minimum atomic E-state index is -0.350. The molecule has 5 rings (SSSR count). The molecule has 0 saturated heterocycles. The Balaban J connectivity index is 1.61. The first kappa shape index (κ1) is 20.7. The van der Waals surface area contributed by atoms with Gasteiger partial charge in [-0.25, -0.2) is 4.90 Å². The number of hydrogen-bond donors (Lipinski definition) is 1. The molecule has 1 N–H and O–H groups in total. The number of imide groups is 1. The molecule has 0 spiro atoms. The molecule has 0 aliphatic carbocycles. The number of nitrogens with zero attached hydrogens (tertiary/aromatic N) is 2. The van der Waals surface area contributed by atoms with E-state index in [-0.39, 0.29) is 17.7 Å². The molecule has 0 unspecified atom stereocenters. The zero-order valence-electron chi connectivity index (χ0n) is 18.2. The van der Waals surface area contributed by atoms with E-state index in [0.29, 0.717) is 34.8 Å². The molecule has 0 fully saturated rings. The van der Waals surface area contributed by atoms with Crippen LogP contribution in [0, 0.1) is 0 Å². The average Bonchev–Trinajstić information content (AvgIpc) is 3.09. The molecule has 0 radical (unpaired) electrons. The number of nitrogens with one attached hydrogen (secondary N) is 1. The first-order valence-electron chi connectivity index (χ1n) is 11.0. The number of amides is 3. The van der Waals surface area contributed by atoms with Crippen LogP contribution < -0.4 is 15.1 Å². The van der Waals surface area contributed by atoms with Crippen LogP contribution >= 0.6 is 0 Å². The van der Waals surface area contributed by atoms with Gasteiger partial charge in [-0.1, -0.05) is 48.5 Å². The number of anilines is 3. The van der Waals surface area contributed by atoms with Crippen molar-refractivity contribution in [3.05, 3.63) is 95.7 Å². The topological polar surface area (TPSA) is 69.7 Å². The van der Waals surface area contributed by atoms with Crippen LogP contribution in [0.25, 0.3) is 5.57 Å². The van der Waals surface area contributed by atoms with E-state index in [1.165, 1.54) is 17.4 Å². The van der Waals surface area contributed by atoms with Gasteiger partial charge >= 0.3 is 0 Å². The Hall–Kier alpha value is -4.19. The van der Waals surface area contributed by atoms with E-state index in [9.17, 15) is 14.4 Å². The van der Waals surface area contributed by atoms with Crippen molar-refractivity contribution >= 4 is 40.4 Å². The second kappa shape index (κ2) is 8.39. The summed E-state index contributed by atoms with van der Waals surface area (Å²) in [5, 5.41) is 2.71. The zero-order valence-corrected chi connectivity index (χ0v) is 18.2. The van der Waals surface area contributed by atoms with Crippen molar-refractivity contribution in [3.8, 4) is 0 Å². The van der Waals surface area contributed by atoms with E-state index in [4.69, 9.17) is 0 Å². The lowest BCUT2D eigenvalue weighted by molar-refractivity contribution is -0.120. The molecule has 3 aromatic rings. The highest BCUT2D eigenvalue weighted by Gasteiger charge is 2.43. The van der Waals surface area contributed by atoms with Gasteiger partial charge in [0.05, 0.1) is 11.3 Å². The summed E-state index contributed by atoms with van der Waals surface area (Å²) in [6.07, 6.45) is 1.84. The van der Waals surface area contributed by atoms with Crippen molar-refractivity contribution in [2.75, 3.05) is 21.7 Å². The van der Waals surface area contributed by atoms with Gasteiger partial charge in [0.25, 0.3) is 11.8 Å². The molecule has 0 atom stereocenters. The van der Waals surface area contributed by atoms with Crippen LogP contribution in [-0.2, 0) is 20.8 Å². The van der Waals surface area contributed by atoms with Gasteiger partial charge < -0.3 is 10.2 Å². The largest absolute Gasteiger partial charge is 0.336 e. The Morgan fingerprint density at radius 2 is 1.55 bits per heavy atom. The van der Waals surface area contributed by atoms with E-state index in [0.717, 1.165) is 18.5 Å². The second-order valence-corrected chi connectivity index (χ2v) is 8.15. The third-order valence-electron chi connectivity index (χ3n) is 5.95. The molecule has 3 aromatic carbocycles. The van der Waals surface area contributed by atoms with Gasteiger partial charge in [0.15, 0.2) is 0 Å². The summed E-state index contributed by atoms with van der Waals surface area (Å²) in [7, 11) is 0. The summed E-state index contributed by atoms with van der Waals surface area (Å²) in [6, 6.07) is 24.1. The van der Waals surface area contributed by atoms with Crippen molar-refractivity contribution in [1.82, 2.24) is 0 Å². The van der Waals surface area contributed by atoms with Crippen LogP contribution in [0.2, 0.25) is 0 Å². The molecule has 2 heterocycles. The SMILES string of the molecule is CC(=O)Nc1ccc(N2C(=O)C(c3ccccc3)=C(N3CCCc4ccccc43)C2=O)cc1. The molecule has 0 aromatic heterocycles. The fourth-order valence-corrected chi connectivity index (χ4v) is 4.53. The molecule has 3 amide bonds. The van der Waals surface area contributed by atoms with Crippen molar-refractivity contribution < 1.29 is 14.4 Å². The molecule has 0 saturated carbocycles. The Morgan fingerprint density at radius 1 is 0.848 bits per heavy atom. The number of carbonyl (C=O) groups excluding carboxylic acids is 3. The minimum absolute atomic E-state index is 0.185. The Bertz CT molecular complexity index is 1280. The minimum Gasteiger partial charge on any atom is -0.336 e. The van der Waals surface area contributed by atoms with Crippen LogP contribution in [0.15, 0.2) is 84.6 Å². The fourth-order valence-electron chi connectivity index (χ4n) is 4.53. The highest BCUT2D eigenvalue weighted by Crippen LogP contribution is 2.39. The Morgan fingerprint density at radius 3 is 2.27 bits per heavy atom. The molecule has 0 bridgehead atoms. The Labute approximate surface area is 192 Å². The normalized spacial score (nSPS) is 15.7. The van der Waals surface area contributed by atoms with E-state index < -0.39 is 0 Å². The number of aryl methyl sites for hydroxylation is 1. The number of fused-ring (bicyclic) bond motifs is 1. The summed E-state index contributed by atoms with van der Waals surface area (Å²) in [6.45, 7) is 2.09. The van der Waals surface area contributed by atoms with Crippen LogP contribution in [0.4, 0.5) is 17.1 Å². The molecule has 33 heavy (non-hydrogen) atoms. The predicted molar refractivity (Wildman–Crippen MR) is 129 cm³/mol. The zero-order chi connectivity index (χ0) is 22.9. The maximum absolute atomic E-state index is 13.8. The first-order chi connectivity index (χ1) is 16.0. The Kier molecular flexibility index (Phi) is 5.26. The summed E-state index contributed by atoms with van der Waals surface area (Å²) < 4.78 is 0. The maximum Gasteiger partial charge on any atom is 0.282 e. The van der Waals surface area contributed by atoms with Crippen molar-refractivity contribution in [2.24, 2.45) is 0 Å². The maximum atomic E-state index is 13.8. The third-order valence-corrected chi connectivity index (χ3v) is 5.95. The number of carbonyl (C=O) groups is 3. The van der Waals surface area contributed by atoms with E-state index in [1.807, 2.05) is 53.4 Å². The number of benzene rings is 3. The average molecular weight is 437 g/mol. The molecule has 6 heteroatoms. The van der Waals surface area contributed by atoms with Gasteiger partial charge in [-0.15, -0.1) is 0 Å². The van der Waals surface area contributed by atoms with Gasteiger partial charge in [0.1, 0.15) is 5.70 Å². The molecular weight excluding hydrogens is 414 g/mol. The highest BCUT2D eigenvalue weighted by molar-refractivity contribution is 6.46. The van der Waals surface area contributed by atoms with Crippen LogP contribution in [0.1, 0.15) is 24.5 Å². The van der Waals surface area contributed by atoms with Crippen LogP contribution in [0.5, 0.6) is 0 Å². The van der Waals surface area contributed by atoms with Crippen molar-refractivity contribution in [2.45, 2.75) is 19.8 Å². The highest BCUT2D eigenvalue weighted by atomic mass is 16.2. The monoisotopic (exact) mass is 437 g/mol. The number of hydrogen-bond acceptors (Lipinski definition) is 4. The molecule has 6 nitrogen and oxygen atoms in total. The smallest absolute Gasteiger partial charge is 0.282 e. The van der Waals surface area contributed by atoms with E-state index in [2.05, 4.69) is 11.4 Å². The summed E-state index contributed by atoms with van der Waals surface area (Å²) >= 11 is 0. The summed E-state index contributed by atoms with van der Waals surface area (Å²) in [5.74, 6) is -0.880. The number of para-hydroxylation sites is 1. The van der Waals surface area contributed by atoms with Gasteiger partial charge in [0.2, 0.25) is 5.91 Å². The van der Waals surface area contributed by atoms with Crippen molar-refractivity contribution in [3.63, 3.8) is 0 Å². The first-order valence-corrected chi connectivity index (χ1v) is 11.0. The third kappa shape index (κ3) is 3.69. The quantitative estimate of drug-likeness (QED) is 0.615. The van der Waals surface area contributed by atoms with Gasteiger partial charge in [-0.05, 0) is 54.3 Å². The van der Waals surface area contributed by atoms with Gasteiger partial charge in [-0.3, -0.25) is 14.4 Å². The van der Waals surface area contributed by atoms with E-state index >= 15 is 0 Å². The van der Waals surface area contributed by atoms with Crippen molar-refractivity contribution in [1.29, 1.82) is 0 Å². The molecular formula is C27H23N3O3. The van der Waals surface area contributed by atoms with E-state index in [1.54, 1.807) is 24.3 Å². The fraction of sp³-hybridized carbons (Fsp3) is 0.148. The predicted octanol–water partition coefficient (Wildman–Crippen LogP) is 4.38. The lowest BCUT2D eigenvalue weighted by atomic mass is 9.98. The standard InChI is InChI=1S/C27H23N3O3/c1-18(31)28-21-13-15-22(16-14-21)30-26(32)24(20-9-3-2-4-10-20)25(27(30)33)29-17-7-11-19-8-5-6-12-23(19)29/h2-6,8-10,12-16H,7,11,17H2,1H3,(H,28,31). The van der Waals surface area contributed by atoms with Crippen LogP contribution in [0.3, 0.4) is 0 Å². The lowest BCUT2D eigenvalue weighted by Gasteiger charge is -2.32. The summed E-state index contributed by atoms with van der Waals surface area (Å²) in [5.41, 5.74) is 4.73.